The van der Waals surface area contributed by atoms with Crippen molar-refractivity contribution in [3.63, 3.8) is 0 Å². The molecule has 3 nitrogen and oxygen atoms in total. The monoisotopic (exact) mass is 283 g/mol. The van der Waals surface area contributed by atoms with Gasteiger partial charge in [0.15, 0.2) is 0 Å². The van der Waals surface area contributed by atoms with E-state index in [2.05, 4.69) is 4.99 Å². The van der Waals surface area contributed by atoms with Crippen molar-refractivity contribution < 1.29 is 14.3 Å². The van der Waals surface area contributed by atoms with Crippen molar-refractivity contribution in [2.75, 3.05) is 6.26 Å². The summed E-state index contributed by atoms with van der Waals surface area (Å²) in [4.78, 5) is 15.8. The van der Waals surface area contributed by atoms with Gasteiger partial charge in [-0.1, -0.05) is 11.8 Å². The highest BCUT2D eigenvalue weighted by atomic mass is 32.2. The van der Waals surface area contributed by atoms with Crippen LogP contribution in [0.4, 0.5) is 4.39 Å². The summed E-state index contributed by atoms with van der Waals surface area (Å²) in [5, 5.41) is 9.80. The lowest BCUT2D eigenvalue weighted by Crippen LogP contribution is -1.90. The molecule has 94 valence electrons. The maximum Gasteiger partial charge on any atom is 0.285 e. The third kappa shape index (κ3) is 2.44. The predicted molar refractivity (Wildman–Crippen MR) is 74.3 cm³/mol. The topological polar surface area (TPSA) is 49.7 Å². The molecule has 0 atom stereocenters. The molecule has 1 aromatic rings. The lowest BCUT2D eigenvalue weighted by molar-refractivity contribution is -0.113. The van der Waals surface area contributed by atoms with E-state index in [0.29, 0.717) is 14.8 Å². The number of aliphatic imine (C=N–C) groups is 1. The molecule has 2 rings (SSSR count). The molecular weight excluding hydrogens is 273 g/mol. The van der Waals surface area contributed by atoms with Crippen LogP contribution in [0.15, 0.2) is 22.0 Å². The summed E-state index contributed by atoms with van der Waals surface area (Å²) >= 11 is 2.64. The molecule has 0 aromatic heterocycles. The molecule has 0 spiro atoms. The van der Waals surface area contributed by atoms with E-state index >= 15 is 0 Å². The number of hydrogen-bond acceptors (Lipinski definition) is 4. The first-order valence-corrected chi connectivity index (χ1v) is 7.11. The highest BCUT2D eigenvalue weighted by molar-refractivity contribution is 8.40. The van der Waals surface area contributed by atoms with Crippen molar-refractivity contribution in [2.45, 2.75) is 6.92 Å². The fraction of sp³-hybridized carbons (Fsp3) is 0.167. The Balaban J connectivity index is 2.36. The summed E-state index contributed by atoms with van der Waals surface area (Å²) in [5.41, 5.74) is 0.591. The molecule has 1 aliphatic rings. The second-order valence-electron chi connectivity index (χ2n) is 3.61. The van der Waals surface area contributed by atoms with E-state index in [4.69, 9.17) is 0 Å². The number of phenols is 1. The summed E-state index contributed by atoms with van der Waals surface area (Å²) in [6, 6.07) is 2.71. The molecule has 6 heteroatoms. The minimum absolute atomic E-state index is 0.145. The third-order valence-electron chi connectivity index (χ3n) is 2.46. The molecule has 0 radical (unpaired) electrons. The number of thioether (sulfide) groups is 2. The van der Waals surface area contributed by atoms with Crippen LogP contribution < -0.4 is 0 Å². The van der Waals surface area contributed by atoms with Crippen LogP contribution in [0.2, 0.25) is 0 Å². The lowest BCUT2D eigenvalue weighted by Gasteiger charge is -2.04. The van der Waals surface area contributed by atoms with Crippen LogP contribution in [0.5, 0.6) is 5.75 Å². The molecule has 0 bridgehead atoms. The van der Waals surface area contributed by atoms with Gasteiger partial charge < -0.3 is 5.11 Å². The van der Waals surface area contributed by atoms with E-state index in [1.54, 1.807) is 0 Å². The van der Waals surface area contributed by atoms with Gasteiger partial charge in [-0.3, -0.25) is 4.79 Å². The van der Waals surface area contributed by atoms with Crippen LogP contribution in [-0.4, -0.2) is 21.6 Å². The van der Waals surface area contributed by atoms with Crippen LogP contribution in [0, 0.1) is 12.7 Å². The Bertz CT molecular complexity index is 582. The molecule has 0 fully saturated rings. The Labute approximate surface area is 112 Å². The molecule has 1 N–H and O–H groups in total. The summed E-state index contributed by atoms with van der Waals surface area (Å²) < 4.78 is 13.9. The molecule has 1 aromatic carbocycles. The van der Waals surface area contributed by atoms with E-state index in [9.17, 15) is 14.3 Å². The van der Waals surface area contributed by atoms with Crippen molar-refractivity contribution in [2.24, 2.45) is 4.99 Å². The quantitative estimate of drug-likeness (QED) is 0.804. The Kier molecular flexibility index (Phi) is 3.77. The maximum absolute atomic E-state index is 13.2. The minimum Gasteiger partial charge on any atom is -0.507 e. The van der Waals surface area contributed by atoms with Gasteiger partial charge in [-0.25, -0.2) is 4.39 Å². The van der Waals surface area contributed by atoms with Gasteiger partial charge in [0.1, 0.15) is 15.9 Å². The molecule has 18 heavy (non-hydrogen) atoms. The smallest absolute Gasteiger partial charge is 0.285 e. The van der Waals surface area contributed by atoms with Crippen LogP contribution >= 0.6 is 23.5 Å². The Morgan fingerprint density at radius 3 is 2.83 bits per heavy atom. The number of phenolic OH excluding ortho intramolecular Hbond substituents is 1. The van der Waals surface area contributed by atoms with E-state index in [0.717, 1.165) is 0 Å². The normalized spacial score (nSPS) is 17.4. The zero-order valence-electron chi connectivity index (χ0n) is 9.73. The van der Waals surface area contributed by atoms with Gasteiger partial charge in [-0.15, -0.1) is 11.8 Å². The van der Waals surface area contributed by atoms with Gasteiger partial charge in [-0.2, -0.15) is 4.99 Å². The number of rotatable bonds is 1. The van der Waals surface area contributed by atoms with Crippen molar-refractivity contribution in [1.82, 2.24) is 0 Å². The zero-order valence-corrected chi connectivity index (χ0v) is 11.4. The highest BCUT2D eigenvalue weighted by Gasteiger charge is 2.21. The first-order valence-electron chi connectivity index (χ1n) is 5.07. The third-order valence-corrected chi connectivity index (χ3v) is 4.43. The Morgan fingerprint density at radius 2 is 2.22 bits per heavy atom. The first-order chi connectivity index (χ1) is 8.52. The van der Waals surface area contributed by atoms with Crippen molar-refractivity contribution in [3.05, 3.63) is 34.0 Å². The largest absolute Gasteiger partial charge is 0.507 e. The second kappa shape index (κ2) is 5.16. The number of carbonyl (C=O) groups excluding carboxylic acids is 1. The molecular formula is C12H10FNO2S2. The van der Waals surface area contributed by atoms with Crippen LogP contribution in [0.3, 0.4) is 0 Å². The molecule has 1 aliphatic heterocycles. The van der Waals surface area contributed by atoms with E-state index in [-0.39, 0.29) is 17.2 Å². The number of nitrogens with zero attached hydrogens (tertiary/aromatic N) is 1. The van der Waals surface area contributed by atoms with Gasteiger partial charge in [0.05, 0.1) is 4.91 Å². The Morgan fingerprint density at radius 1 is 1.50 bits per heavy atom. The fourth-order valence-corrected chi connectivity index (χ4v) is 2.84. The zero-order chi connectivity index (χ0) is 13.3. The average Bonchev–Trinajstić information content (AvgIpc) is 2.71. The molecule has 1 heterocycles. The van der Waals surface area contributed by atoms with Crippen molar-refractivity contribution in [1.29, 1.82) is 0 Å². The van der Waals surface area contributed by atoms with E-state index in [1.165, 1.54) is 48.7 Å². The molecule has 1 amide bonds. The molecule has 0 saturated heterocycles. The van der Waals surface area contributed by atoms with Crippen molar-refractivity contribution in [3.8, 4) is 5.75 Å². The number of hydrogen-bond donors (Lipinski definition) is 1. The van der Waals surface area contributed by atoms with Crippen LogP contribution in [0.25, 0.3) is 6.08 Å². The molecule has 0 unspecified atom stereocenters. The number of benzene rings is 1. The van der Waals surface area contributed by atoms with Crippen LogP contribution in [-0.2, 0) is 4.79 Å². The summed E-state index contributed by atoms with van der Waals surface area (Å²) in [5.74, 6) is -0.944. The standard InChI is InChI=1S/C12H10FNO2S2/c1-6-8(13)4-3-7(10(6)15)5-9-11(16)14-12(17-2)18-9/h3-5,15H,1-2H3. The molecule has 0 aliphatic carbocycles. The number of halogens is 1. The van der Waals surface area contributed by atoms with Crippen molar-refractivity contribution >= 4 is 39.9 Å². The summed E-state index contributed by atoms with van der Waals surface area (Å²) in [6.45, 7) is 1.49. The number of aromatic hydroxyl groups is 1. The second-order valence-corrected chi connectivity index (χ2v) is 5.69. The fourth-order valence-electron chi connectivity index (χ4n) is 1.43. The minimum atomic E-state index is -0.471. The Hall–Kier alpha value is -1.27. The van der Waals surface area contributed by atoms with Gasteiger partial charge >= 0.3 is 0 Å². The van der Waals surface area contributed by atoms with E-state index < -0.39 is 5.82 Å². The predicted octanol–water partition coefficient (Wildman–Crippen LogP) is 3.17. The van der Waals surface area contributed by atoms with Gasteiger partial charge in [0.2, 0.25) is 0 Å². The number of carbonyl (C=O) groups is 1. The van der Waals surface area contributed by atoms with Gasteiger partial charge in [0.25, 0.3) is 5.91 Å². The maximum atomic E-state index is 13.2. The first kappa shape index (κ1) is 13.2. The van der Waals surface area contributed by atoms with Gasteiger partial charge in [0, 0.05) is 11.1 Å². The number of amides is 1. The SMILES string of the molecule is CSC1=NC(=O)C(=Cc2ccc(F)c(C)c2O)S1. The van der Waals surface area contributed by atoms with Gasteiger partial charge in [-0.05, 0) is 31.4 Å². The molecule has 0 saturated carbocycles. The lowest BCUT2D eigenvalue weighted by atomic mass is 10.1. The highest BCUT2D eigenvalue weighted by Crippen LogP contribution is 2.35. The average molecular weight is 283 g/mol. The summed E-state index contributed by atoms with van der Waals surface area (Å²) in [7, 11) is 0. The summed E-state index contributed by atoms with van der Waals surface area (Å²) in [6.07, 6.45) is 3.36. The van der Waals surface area contributed by atoms with Crippen LogP contribution in [0.1, 0.15) is 11.1 Å². The van der Waals surface area contributed by atoms with E-state index in [1.807, 2.05) is 6.26 Å².